The van der Waals surface area contributed by atoms with Crippen molar-refractivity contribution in [2.75, 3.05) is 0 Å². The summed E-state index contributed by atoms with van der Waals surface area (Å²) in [5, 5.41) is 15.1. The van der Waals surface area contributed by atoms with Crippen LogP contribution in [0.2, 0.25) is 0 Å². The molecule has 0 spiro atoms. The first-order valence-electron chi connectivity index (χ1n) is 6.18. The molecule has 0 aromatic rings. The highest BCUT2D eigenvalue weighted by Gasteiger charge is 2.42. The van der Waals surface area contributed by atoms with Crippen molar-refractivity contribution >= 4 is 5.91 Å². The van der Waals surface area contributed by atoms with Crippen molar-refractivity contribution in [2.45, 2.75) is 57.2 Å². The smallest absolute Gasteiger partial charge is 0.224 e. The normalized spacial score (nSPS) is 33.4. The Morgan fingerprint density at radius 3 is 2.94 bits per heavy atom. The Bertz CT molecular complexity index is 310. The van der Waals surface area contributed by atoms with E-state index in [1.807, 2.05) is 6.92 Å². The van der Waals surface area contributed by atoms with Crippen molar-refractivity contribution in [3.8, 4) is 6.07 Å². The second-order valence-corrected chi connectivity index (χ2v) is 4.87. The molecule has 0 aliphatic carbocycles. The molecule has 88 valence electrons. The molecule has 2 heterocycles. The van der Waals surface area contributed by atoms with Crippen LogP contribution in [0.25, 0.3) is 0 Å². The van der Waals surface area contributed by atoms with E-state index in [-0.39, 0.29) is 17.9 Å². The van der Waals surface area contributed by atoms with Crippen molar-refractivity contribution < 1.29 is 4.79 Å². The van der Waals surface area contributed by atoms with Gasteiger partial charge in [0.25, 0.3) is 0 Å². The van der Waals surface area contributed by atoms with Gasteiger partial charge in [-0.05, 0) is 25.7 Å². The average Bonchev–Trinajstić information content (AvgIpc) is 2.89. The molecule has 0 saturated carbocycles. The fourth-order valence-corrected chi connectivity index (χ4v) is 2.83. The van der Waals surface area contributed by atoms with E-state index >= 15 is 0 Å². The first-order valence-corrected chi connectivity index (χ1v) is 6.18. The second kappa shape index (κ2) is 4.84. The fraction of sp³-hybridized carbons (Fsp3) is 0.833. The molecule has 4 unspecified atom stereocenters. The Balaban J connectivity index is 1.86. The van der Waals surface area contributed by atoms with Crippen LogP contribution in [0.3, 0.4) is 0 Å². The van der Waals surface area contributed by atoms with Gasteiger partial charge in [0.1, 0.15) is 0 Å². The van der Waals surface area contributed by atoms with Crippen LogP contribution < -0.4 is 10.6 Å². The maximum absolute atomic E-state index is 12.0. The monoisotopic (exact) mass is 221 g/mol. The van der Waals surface area contributed by atoms with E-state index in [2.05, 4.69) is 16.7 Å². The molecule has 0 aromatic carbocycles. The molecule has 2 N–H and O–H groups in total. The van der Waals surface area contributed by atoms with E-state index in [0.717, 1.165) is 19.3 Å². The number of fused-ring (bicyclic) bond motifs is 2. The third kappa shape index (κ3) is 2.19. The van der Waals surface area contributed by atoms with E-state index in [1.54, 1.807) is 0 Å². The van der Waals surface area contributed by atoms with Crippen LogP contribution in [-0.4, -0.2) is 24.0 Å². The molecule has 4 nitrogen and oxygen atoms in total. The van der Waals surface area contributed by atoms with Gasteiger partial charge in [-0.25, -0.2) is 0 Å². The molecule has 4 heteroatoms. The summed E-state index contributed by atoms with van der Waals surface area (Å²) in [6, 6.07) is 3.07. The topological polar surface area (TPSA) is 64.9 Å². The number of nitrogens with zero attached hydrogens (tertiary/aromatic N) is 1. The molecule has 2 rings (SSSR count). The van der Waals surface area contributed by atoms with Gasteiger partial charge in [-0.15, -0.1) is 0 Å². The molecule has 0 aromatic heterocycles. The van der Waals surface area contributed by atoms with Crippen LogP contribution in [-0.2, 0) is 4.79 Å². The molecule has 2 bridgehead atoms. The molecule has 16 heavy (non-hydrogen) atoms. The quantitative estimate of drug-likeness (QED) is 0.742. The predicted molar refractivity (Wildman–Crippen MR) is 60.5 cm³/mol. The van der Waals surface area contributed by atoms with Crippen LogP contribution in [0.15, 0.2) is 0 Å². The van der Waals surface area contributed by atoms with Crippen molar-refractivity contribution in [2.24, 2.45) is 5.92 Å². The summed E-state index contributed by atoms with van der Waals surface area (Å²) in [4.78, 5) is 12.0. The van der Waals surface area contributed by atoms with E-state index in [0.29, 0.717) is 18.5 Å². The zero-order valence-corrected chi connectivity index (χ0v) is 9.70. The summed E-state index contributed by atoms with van der Waals surface area (Å²) in [5.74, 6) is 0.272. The Hall–Kier alpha value is -1.08. The minimum absolute atomic E-state index is 0.0247. The maximum atomic E-state index is 12.0. The number of carbonyl (C=O) groups excluding carboxylic acids is 1. The number of amides is 1. The molecule has 2 aliphatic rings. The molecular formula is C12H19N3O. The summed E-state index contributed by atoms with van der Waals surface area (Å²) in [6.07, 6.45) is 4.55. The van der Waals surface area contributed by atoms with E-state index in [9.17, 15) is 4.79 Å². The van der Waals surface area contributed by atoms with Gasteiger partial charge in [0.05, 0.1) is 18.4 Å². The Morgan fingerprint density at radius 1 is 1.62 bits per heavy atom. The fourth-order valence-electron chi connectivity index (χ4n) is 2.83. The zero-order valence-electron chi connectivity index (χ0n) is 9.70. The zero-order chi connectivity index (χ0) is 11.5. The third-order valence-corrected chi connectivity index (χ3v) is 3.81. The number of nitriles is 1. The lowest BCUT2D eigenvalue weighted by molar-refractivity contribution is -0.126. The lowest BCUT2D eigenvalue weighted by Crippen LogP contribution is -2.42. The Kier molecular flexibility index (Phi) is 3.45. The number of rotatable bonds is 4. The number of carbonyl (C=O) groups is 1. The third-order valence-electron chi connectivity index (χ3n) is 3.81. The molecule has 0 radical (unpaired) electrons. The lowest BCUT2D eigenvalue weighted by Gasteiger charge is -2.22. The van der Waals surface area contributed by atoms with Gasteiger partial charge in [-0.2, -0.15) is 5.26 Å². The summed E-state index contributed by atoms with van der Waals surface area (Å²) in [6.45, 7) is 2.00. The van der Waals surface area contributed by atoms with Gasteiger partial charge in [0.15, 0.2) is 0 Å². The first kappa shape index (κ1) is 11.4. The van der Waals surface area contributed by atoms with Gasteiger partial charge >= 0.3 is 0 Å². The van der Waals surface area contributed by atoms with Gasteiger partial charge in [-0.3, -0.25) is 4.79 Å². The number of hydrogen-bond donors (Lipinski definition) is 2. The Morgan fingerprint density at radius 2 is 2.44 bits per heavy atom. The summed E-state index contributed by atoms with van der Waals surface area (Å²) < 4.78 is 0. The van der Waals surface area contributed by atoms with Crippen molar-refractivity contribution in [3.63, 3.8) is 0 Å². The van der Waals surface area contributed by atoms with Crippen LogP contribution in [0.1, 0.15) is 39.0 Å². The molecule has 1 amide bonds. The minimum atomic E-state index is 0.0247. The molecular weight excluding hydrogens is 202 g/mol. The molecule has 2 fully saturated rings. The summed E-state index contributed by atoms with van der Waals surface area (Å²) in [5.41, 5.74) is 0. The van der Waals surface area contributed by atoms with E-state index < -0.39 is 0 Å². The molecule has 2 aliphatic heterocycles. The van der Waals surface area contributed by atoms with Crippen LogP contribution >= 0.6 is 0 Å². The number of nitrogens with one attached hydrogen (secondary N) is 2. The van der Waals surface area contributed by atoms with Crippen LogP contribution in [0, 0.1) is 17.2 Å². The highest BCUT2D eigenvalue weighted by atomic mass is 16.2. The minimum Gasteiger partial charge on any atom is -0.352 e. The van der Waals surface area contributed by atoms with Gasteiger partial charge in [0.2, 0.25) is 5.91 Å². The summed E-state index contributed by atoms with van der Waals surface area (Å²) in [7, 11) is 0. The van der Waals surface area contributed by atoms with Crippen LogP contribution in [0.5, 0.6) is 0 Å². The molecule has 4 atom stereocenters. The summed E-state index contributed by atoms with van der Waals surface area (Å²) >= 11 is 0. The van der Waals surface area contributed by atoms with Crippen molar-refractivity contribution in [1.82, 2.24) is 10.6 Å². The SMILES string of the molecule is CCC(CC#N)NC(=O)C1CC2CCC1N2. The second-order valence-electron chi connectivity index (χ2n) is 4.87. The van der Waals surface area contributed by atoms with E-state index in [1.165, 1.54) is 6.42 Å². The highest BCUT2D eigenvalue weighted by molar-refractivity contribution is 5.80. The van der Waals surface area contributed by atoms with Gasteiger partial charge in [-0.1, -0.05) is 6.92 Å². The first-order chi connectivity index (χ1) is 7.74. The van der Waals surface area contributed by atoms with Crippen molar-refractivity contribution in [1.29, 1.82) is 5.26 Å². The standard InChI is InChI=1S/C12H19N3O/c1-2-8(5-6-13)15-12(16)10-7-9-3-4-11(10)14-9/h8-11,14H,2-5,7H2,1H3,(H,15,16). The van der Waals surface area contributed by atoms with Crippen LogP contribution in [0.4, 0.5) is 0 Å². The maximum Gasteiger partial charge on any atom is 0.224 e. The predicted octanol–water partition coefficient (Wildman–Crippen LogP) is 0.935. The number of hydrogen-bond acceptors (Lipinski definition) is 3. The van der Waals surface area contributed by atoms with Gasteiger partial charge in [0, 0.05) is 18.1 Å². The van der Waals surface area contributed by atoms with E-state index in [4.69, 9.17) is 5.26 Å². The molecule has 2 saturated heterocycles. The van der Waals surface area contributed by atoms with Gasteiger partial charge < -0.3 is 10.6 Å². The highest BCUT2D eigenvalue weighted by Crippen LogP contribution is 2.33. The van der Waals surface area contributed by atoms with Crippen molar-refractivity contribution in [3.05, 3.63) is 0 Å². The average molecular weight is 221 g/mol. The largest absolute Gasteiger partial charge is 0.352 e. The lowest BCUT2D eigenvalue weighted by atomic mass is 9.88. The Labute approximate surface area is 96.4 Å².